The molecule has 1 unspecified atom stereocenters. The van der Waals surface area contributed by atoms with Crippen LogP contribution in [0.5, 0.6) is 0 Å². The molecule has 0 aliphatic heterocycles. The Hall–Kier alpha value is -1.56. The van der Waals surface area contributed by atoms with E-state index in [2.05, 4.69) is 69.3 Å². The first-order valence-electron chi connectivity index (χ1n) is 7.89. The fraction of sp³-hybridized carbons (Fsp3) is 0.400. The molecule has 0 spiro atoms. The van der Waals surface area contributed by atoms with Gasteiger partial charge in [0.1, 0.15) is 0 Å². The lowest BCUT2D eigenvalue weighted by Gasteiger charge is -2.33. The van der Waals surface area contributed by atoms with Crippen LogP contribution in [0.4, 0.5) is 0 Å². The molecule has 2 aromatic carbocycles. The summed E-state index contributed by atoms with van der Waals surface area (Å²) in [6.07, 6.45) is 1.21. The van der Waals surface area contributed by atoms with Crippen molar-refractivity contribution in [3.05, 3.63) is 59.7 Å². The van der Waals surface area contributed by atoms with Gasteiger partial charge in [-0.3, -0.25) is 0 Å². The zero-order valence-corrected chi connectivity index (χ0v) is 13.4. The Labute approximate surface area is 123 Å². The number of hydrogen-bond donors (Lipinski definition) is 0. The third-order valence-corrected chi connectivity index (χ3v) is 4.86. The van der Waals surface area contributed by atoms with Gasteiger partial charge >= 0.3 is 0 Å². The molecule has 0 N–H and O–H groups in total. The van der Waals surface area contributed by atoms with Crippen molar-refractivity contribution < 1.29 is 0 Å². The van der Waals surface area contributed by atoms with E-state index in [1.807, 2.05) is 13.8 Å². The molecule has 2 aromatic rings. The predicted octanol–water partition coefficient (Wildman–Crippen LogP) is 6.05. The Morgan fingerprint density at radius 3 is 1.65 bits per heavy atom. The van der Waals surface area contributed by atoms with Gasteiger partial charge in [-0.1, -0.05) is 89.6 Å². The van der Waals surface area contributed by atoms with Gasteiger partial charge in [-0.05, 0) is 28.2 Å². The highest BCUT2D eigenvalue weighted by atomic mass is 14.4. The lowest BCUT2D eigenvalue weighted by molar-refractivity contribution is 0.371. The molecule has 0 heterocycles. The maximum Gasteiger partial charge on any atom is 0.0212 e. The van der Waals surface area contributed by atoms with Crippen LogP contribution >= 0.6 is 0 Å². The molecule has 1 aliphatic rings. The molecule has 20 heavy (non-hydrogen) atoms. The van der Waals surface area contributed by atoms with Crippen LogP contribution < -0.4 is 0 Å². The minimum absolute atomic E-state index is 0.169. The average Bonchev–Trinajstić information content (AvgIpc) is 2.80. The van der Waals surface area contributed by atoms with Gasteiger partial charge in [0.05, 0.1) is 0 Å². The monoisotopic (exact) mass is 266 g/mol. The van der Waals surface area contributed by atoms with Crippen molar-refractivity contribution >= 4 is 0 Å². The highest BCUT2D eigenvalue weighted by Crippen LogP contribution is 2.52. The third kappa shape index (κ3) is 1.98. The second kappa shape index (κ2) is 5.83. The maximum atomic E-state index is 2.41. The van der Waals surface area contributed by atoms with Crippen LogP contribution in [0.15, 0.2) is 48.5 Å². The zero-order valence-electron chi connectivity index (χ0n) is 13.4. The van der Waals surface area contributed by atoms with Gasteiger partial charge in [0.15, 0.2) is 0 Å². The molecule has 0 saturated carbocycles. The summed E-state index contributed by atoms with van der Waals surface area (Å²) in [6.45, 7) is 11.1. The third-order valence-electron chi connectivity index (χ3n) is 4.86. The number of benzene rings is 2. The molecule has 106 valence electrons. The molecule has 0 aromatic heterocycles. The second-order valence-electron chi connectivity index (χ2n) is 5.60. The van der Waals surface area contributed by atoms with E-state index in [1.54, 1.807) is 0 Å². The second-order valence-corrected chi connectivity index (χ2v) is 5.60. The first-order chi connectivity index (χ1) is 9.69. The smallest absolute Gasteiger partial charge is 0.0212 e. The molecule has 0 fully saturated rings. The van der Waals surface area contributed by atoms with E-state index in [0.29, 0.717) is 5.92 Å². The summed E-state index contributed by atoms with van der Waals surface area (Å²) in [6, 6.07) is 17.8. The van der Waals surface area contributed by atoms with Crippen LogP contribution in [-0.4, -0.2) is 0 Å². The van der Waals surface area contributed by atoms with Gasteiger partial charge < -0.3 is 0 Å². The summed E-state index contributed by atoms with van der Waals surface area (Å²) >= 11 is 0. The van der Waals surface area contributed by atoms with Crippen molar-refractivity contribution in [3.8, 4) is 11.1 Å². The largest absolute Gasteiger partial charge is 0.0683 e. The summed E-state index contributed by atoms with van der Waals surface area (Å²) in [5.41, 5.74) is 6.02. The van der Waals surface area contributed by atoms with Crippen LogP contribution in [0.2, 0.25) is 0 Å². The van der Waals surface area contributed by atoms with Crippen LogP contribution in [0.25, 0.3) is 11.1 Å². The molecule has 1 atom stereocenters. The Bertz CT molecular complexity index is 535. The Morgan fingerprint density at radius 1 is 0.850 bits per heavy atom. The highest BCUT2D eigenvalue weighted by Gasteiger charge is 2.41. The number of rotatable bonds is 2. The molecular weight excluding hydrogens is 240 g/mol. The normalized spacial score (nSPS) is 15.7. The predicted molar refractivity (Wildman–Crippen MR) is 89.1 cm³/mol. The maximum absolute atomic E-state index is 2.41. The quantitative estimate of drug-likeness (QED) is 0.621. The Morgan fingerprint density at radius 2 is 1.25 bits per heavy atom. The van der Waals surface area contributed by atoms with Crippen molar-refractivity contribution in [3.63, 3.8) is 0 Å². The highest BCUT2D eigenvalue weighted by molar-refractivity contribution is 5.80. The van der Waals surface area contributed by atoms with Crippen LogP contribution in [0.3, 0.4) is 0 Å². The van der Waals surface area contributed by atoms with Crippen molar-refractivity contribution in [2.45, 2.75) is 46.5 Å². The standard InChI is InChI=1S/C18H20.C2H6/c1-4-13(2)18(3)16-11-7-5-9-14(16)15-10-6-8-12-17(15)18;1-2/h5-13H,4H2,1-3H3;1-2H3. The van der Waals surface area contributed by atoms with E-state index < -0.39 is 0 Å². The summed E-state index contributed by atoms with van der Waals surface area (Å²) in [7, 11) is 0. The number of hydrogen-bond acceptors (Lipinski definition) is 0. The molecule has 0 amide bonds. The average molecular weight is 266 g/mol. The van der Waals surface area contributed by atoms with E-state index in [-0.39, 0.29) is 5.41 Å². The minimum atomic E-state index is 0.169. The van der Waals surface area contributed by atoms with E-state index in [9.17, 15) is 0 Å². The molecule has 0 heteroatoms. The van der Waals surface area contributed by atoms with Crippen LogP contribution in [0, 0.1) is 5.92 Å². The molecule has 3 rings (SSSR count). The molecule has 0 bridgehead atoms. The van der Waals surface area contributed by atoms with E-state index in [0.717, 1.165) is 0 Å². The first kappa shape index (κ1) is 14.8. The summed E-state index contributed by atoms with van der Waals surface area (Å²) in [4.78, 5) is 0. The SMILES string of the molecule is CC.CCC(C)C1(C)c2ccccc2-c2ccccc21. The van der Waals surface area contributed by atoms with Crippen molar-refractivity contribution in [2.24, 2.45) is 5.92 Å². The van der Waals surface area contributed by atoms with Gasteiger partial charge in [-0.15, -0.1) is 0 Å². The van der Waals surface area contributed by atoms with E-state index in [4.69, 9.17) is 0 Å². The van der Waals surface area contributed by atoms with Gasteiger partial charge in [-0.25, -0.2) is 0 Å². The topological polar surface area (TPSA) is 0 Å². The first-order valence-corrected chi connectivity index (χ1v) is 7.89. The lowest BCUT2D eigenvalue weighted by atomic mass is 9.70. The molecule has 0 saturated heterocycles. The van der Waals surface area contributed by atoms with E-state index >= 15 is 0 Å². The van der Waals surface area contributed by atoms with Crippen molar-refractivity contribution in [1.82, 2.24) is 0 Å². The summed E-state index contributed by atoms with van der Waals surface area (Å²) in [5, 5.41) is 0. The van der Waals surface area contributed by atoms with Crippen molar-refractivity contribution in [1.29, 1.82) is 0 Å². The molecule has 0 radical (unpaired) electrons. The van der Waals surface area contributed by atoms with Gasteiger partial charge in [-0.2, -0.15) is 0 Å². The zero-order chi connectivity index (χ0) is 14.8. The fourth-order valence-electron chi connectivity index (χ4n) is 3.43. The molecule has 0 nitrogen and oxygen atoms in total. The number of fused-ring (bicyclic) bond motifs is 3. The Balaban J connectivity index is 0.000000704. The summed E-state index contributed by atoms with van der Waals surface area (Å²) < 4.78 is 0. The van der Waals surface area contributed by atoms with Crippen LogP contribution in [0.1, 0.15) is 52.2 Å². The lowest BCUT2D eigenvalue weighted by Crippen LogP contribution is -2.29. The summed E-state index contributed by atoms with van der Waals surface area (Å²) in [5.74, 6) is 0.655. The minimum Gasteiger partial charge on any atom is -0.0683 e. The van der Waals surface area contributed by atoms with Gasteiger partial charge in [0, 0.05) is 5.41 Å². The Kier molecular flexibility index (Phi) is 4.32. The van der Waals surface area contributed by atoms with Crippen molar-refractivity contribution in [2.75, 3.05) is 0 Å². The van der Waals surface area contributed by atoms with Crippen LogP contribution in [-0.2, 0) is 5.41 Å². The van der Waals surface area contributed by atoms with E-state index in [1.165, 1.54) is 28.7 Å². The molecule has 1 aliphatic carbocycles. The fourth-order valence-corrected chi connectivity index (χ4v) is 3.43. The van der Waals surface area contributed by atoms with Gasteiger partial charge in [0.25, 0.3) is 0 Å². The van der Waals surface area contributed by atoms with Gasteiger partial charge in [0.2, 0.25) is 0 Å². The molecular formula is C20H26.